The van der Waals surface area contributed by atoms with Gasteiger partial charge in [0.2, 0.25) is 0 Å². The van der Waals surface area contributed by atoms with Crippen molar-refractivity contribution in [1.82, 2.24) is 4.98 Å². The molecule has 1 aliphatic rings. The quantitative estimate of drug-likeness (QED) is 0.779. The molecule has 1 fully saturated rings. The highest BCUT2D eigenvalue weighted by molar-refractivity contribution is 7.10. The van der Waals surface area contributed by atoms with Gasteiger partial charge in [-0.15, -0.1) is 11.3 Å². The maximum Gasteiger partial charge on any atom is 0.134 e. The Bertz CT molecular complexity index is 270. The third-order valence-corrected chi connectivity index (χ3v) is 3.01. The van der Waals surface area contributed by atoms with Gasteiger partial charge < -0.3 is 10.5 Å². The molecule has 0 radical (unpaired) electrons. The lowest BCUT2D eigenvalue weighted by Gasteiger charge is -2.09. The molecule has 12 heavy (non-hydrogen) atoms. The number of nitrogens with zero attached hydrogens (tertiary/aromatic N) is 1. The number of nitrogen functional groups attached to an aromatic ring is 1. The van der Waals surface area contributed by atoms with Crippen molar-refractivity contribution in [1.29, 1.82) is 0 Å². The van der Waals surface area contributed by atoms with Gasteiger partial charge >= 0.3 is 0 Å². The summed E-state index contributed by atoms with van der Waals surface area (Å²) in [4.78, 5) is 4.21. The summed E-state index contributed by atoms with van der Waals surface area (Å²) in [5.74, 6) is 1.29. The molecule has 1 aromatic rings. The second kappa shape index (κ2) is 3.03. The van der Waals surface area contributed by atoms with Crippen molar-refractivity contribution in [2.24, 2.45) is 5.92 Å². The van der Waals surface area contributed by atoms with Crippen LogP contribution in [0.15, 0.2) is 5.38 Å². The molecule has 1 unspecified atom stereocenters. The SMILES string of the molecule is COC(c1nc(N)cs1)C1CC1. The molecule has 0 bridgehead atoms. The van der Waals surface area contributed by atoms with Crippen LogP contribution in [0.3, 0.4) is 0 Å². The predicted molar refractivity (Wildman–Crippen MR) is 49.0 cm³/mol. The van der Waals surface area contributed by atoms with Gasteiger partial charge in [0, 0.05) is 12.5 Å². The van der Waals surface area contributed by atoms with Gasteiger partial charge in [0.1, 0.15) is 16.9 Å². The van der Waals surface area contributed by atoms with Crippen molar-refractivity contribution in [2.75, 3.05) is 12.8 Å². The second-order valence-electron chi connectivity index (χ2n) is 3.10. The molecule has 0 aliphatic heterocycles. The fraction of sp³-hybridized carbons (Fsp3) is 0.625. The van der Waals surface area contributed by atoms with Gasteiger partial charge in [-0.3, -0.25) is 0 Å². The summed E-state index contributed by atoms with van der Waals surface area (Å²) in [6, 6.07) is 0. The zero-order valence-electron chi connectivity index (χ0n) is 6.99. The highest BCUT2D eigenvalue weighted by Gasteiger charge is 2.34. The largest absolute Gasteiger partial charge is 0.383 e. The van der Waals surface area contributed by atoms with Crippen molar-refractivity contribution in [3.8, 4) is 0 Å². The van der Waals surface area contributed by atoms with Gasteiger partial charge in [-0.2, -0.15) is 0 Å². The monoisotopic (exact) mass is 184 g/mol. The third kappa shape index (κ3) is 1.44. The molecule has 0 saturated heterocycles. The van der Waals surface area contributed by atoms with E-state index >= 15 is 0 Å². The van der Waals surface area contributed by atoms with Crippen molar-refractivity contribution in [3.63, 3.8) is 0 Å². The Morgan fingerprint density at radius 3 is 2.92 bits per heavy atom. The van der Waals surface area contributed by atoms with Gasteiger partial charge in [-0.05, 0) is 18.8 Å². The normalized spacial score (nSPS) is 19.4. The minimum Gasteiger partial charge on any atom is -0.383 e. The number of hydrogen-bond acceptors (Lipinski definition) is 4. The maximum absolute atomic E-state index is 5.54. The van der Waals surface area contributed by atoms with Crippen LogP contribution in [0.1, 0.15) is 24.0 Å². The number of hydrogen-bond donors (Lipinski definition) is 1. The van der Waals surface area contributed by atoms with Crippen LogP contribution in [0.2, 0.25) is 0 Å². The van der Waals surface area contributed by atoms with Crippen molar-refractivity contribution in [2.45, 2.75) is 18.9 Å². The first kappa shape index (κ1) is 8.01. The lowest BCUT2D eigenvalue weighted by Crippen LogP contribution is -2.03. The highest BCUT2D eigenvalue weighted by atomic mass is 32.1. The summed E-state index contributed by atoms with van der Waals surface area (Å²) in [5, 5.41) is 2.89. The molecule has 1 heterocycles. The fourth-order valence-corrected chi connectivity index (χ4v) is 2.20. The van der Waals surface area contributed by atoms with Crippen LogP contribution in [0, 0.1) is 5.92 Å². The Labute approximate surface area is 75.6 Å². The molecule has 66 valence electrons. The van der Waals surface area contributed by atoms with E-state index < -0.39 is 0 Å². The molecule has 0 aromatic carbocycles. The number of anilines is 1. The van der Waals surface area contributed by atoms with E-state index in [1.807, 2.05) is 5.38 Å². The predicted octanol–water partition coefficient (Wildman–Crippen LogP) is 1.82. The lowest BCUT2D eigenvalue weighted by atomic mass is 10.2. The number of thiazole rings is 1. The Morgan fingerprint density at radius 1 is 1.75 bits per heavy atom. The van der Waals surface area contributed by atoms with E-state index in [0.717, 1.165) is 5.01 Å². The van der Waals surface area contributed by atoms with E-state index in [4.69, 9.17) is 10.5 Å². The first-order valence-corrected chi connectivity index (χ1v) is 4.93. The number of rotatable bonds is 3. The van der Waals surface area contributed by atoms with E-state index in [1.165, 1.54) is 12.8 Å². The van der Waals surface area contributed by atoms with E-state index in [1.54, 1.807) is 18.4 Å². The molecular weight excluding hydrogens is 172 g/mol. The average Bonchev–Trinajstić information content (AvgIpc) is 2.78. The first-order valence-electron chi connectivity index (χ1n) is 4.05. The van der Waals surface area contributed by atoms with Gasteiger partial charge in [0.05, 0.1) is 0 Å². The smallest absolute Gasteiger partial charge is 0.134 e. The highest BCUT2D eigenvalue weighted by Crippen LogP contribution is 2.43. The number of aromatic nitrogens is 1. The van der Waals surface area contributed by atoms with Crippen LogP contribution >= 0.6 is 11.3 Å². The molecule has 1 aromatic heterocycles. The van der Waals surface area contributed by atoms with Crippen LogP contribution in [0.4, 0.5) is 5.82 Å². The van der Waals surface area contributed by atoms with E-state index in [2.05, 4.69) is 4.98 Å². The summed E-state index contributed by atoms with van der Waals surface area (Å²) < 4.78 is 5.37. The molecule has 3 nitrogen and oxygen atoms in total. The Balaban J connectivity index is 2.15. The van der Waals surface area contributed by atoms with Crippen LogP contribution in [-0.2, 0) is 4.74 Å². The molecule has 0 spiro atoms. The summed E-state index contributed by atoms with van der Waals surface area (Å²) in [6.07, 6.45) is 2.71. The number of nitrogens with two attached hydrogens (primary N) is 1. The summed E-state index contributed by atoms with van der Waals surface area (Å²) >= 11 is 1.59. The number of methoxy groups -OCH3 is 1. The van der Waals surface area contributed by atoms with Gasteiger partial charge in [0.15, 0.2) is 0 Å². The Morgan fingerprint density at radius 2 is 2.50 bits per heavy atom. The van der Waals surface area contributed by atoms with Gasteiger partial charge in [0.25, 0.3) is 0 Å². The second-order valence-corrected chi connectivity index (χ2v) is 3.99. The van der Waals surface area contributed by atoms with Gasteiger partial charge in [-0.25, -0.2) is 4.98 Å². The fourth-order valence-electron chi connectivity index (χ4n) is 1.33. The zero-order chi connectivity index (χ0) is 8.55. The Hall–Kier alpha value is -0.610. The lowest BCUT2D eigenvalue weighted by molar-refractivity contribution is 0.0844. The molecule has 1 atom stereocenters. The van der Waals surface area contributed by atoms with Crippen molar-refractivity contribution < 1.29 is 4.74 Å². The van der Waals surface area contributed by atoms with Crippen LogP contribution in [-0.4, -0.2) is 12.1 Å². The standard InChI is InChI=1S/C8H12N2OS/c1-11-7(5-2-3-5)8-10-6(9)4-12-8/h4-5,7H,2-3,9H2,1H3. The maximum atomic E-state index is 5.54. The first-order chi connectivity index (χ1) is 5.81. The van der Waals surface area contributed by atoms with Gasteiger partial charge in [-0.1, -0.05) is 0 Å². The van der Waals surface area contributed by atoms with E-state index in [9.17, 15) is 0 Å². The minimum atomic E-state index is 0.187. The van der Waals surface area contributed by atoms with Crippen LogP contribution < -0.4 is 5.73 Å². The average molecular weight is 184 g/mol. The summed E-state index contributed by atoms with van der Waals surface area (Å²) in [7, 11) is 1.74. The third-order valence-electron chi connectivity index (χ3n) is 2.09. The molecule has 4 heteroatoms. The topological polar surface area (TPSA) is 48.1 Å². The van der Waals surface area contributed by atoms with E-state index in [0.29, 0.717) is 11.7 Å². The zero-order valence-corrected chi connectivity index (χ0v) is 7.80. The molecule has 2 rings (SSSR count). The molecule has 2 N–H and O–H groups in total. The van der Waals surface area contributed by atoms with Crippen LogP contribution in [0.5, 0.6) is 0 Å². The van der Waals surface area contributed by atoms with Crippen LogP contribution in [0.25, 0.3) is 0 Å². The number of ether oxygens (including phenoxy) is 1. The van der Waals surface area contributed by atoms with Crippen molar-refractivity contribution >= 4 is 17.2 Å². The summed E-state index contributed by atoms with van der Waals surface area (Å²) in [6.45, 7) is 0. The molecule has 0 amide bonds. The molecule has 1 saturated carbocycles. The van der Waals surface area contributed by atoms with E-state index in [-0.39, 0.29) is 6.10 Å². The molecule has 1 aliphatic carbocycles. The Kier molecular flexibility index (Phi) is 2.02. The summed E-state index contributed by atoms with van der Waals surface area (Å²) in [5.41, 5.74) is 5.54. The molecular formula is C8H12N2OS. The minimum absolute atomic E-state index is 0.187. The van der Waals surface area contributed by atoms with Crippen molar-refractivity contribution in [3.05, 3.63) is 10.4 Å².